The highest BCUT2D eigenvalue weighted by Gasteiger charge is 2.45. The Balaban J connectivity index is 1.98. The van der Waals surface area contributed by atoms with Crippen molar-refractivity contribution in [2.75, 3.05) is 5.32 Å². The monoisotopic (exact) mass is 212 g/mol. The molecular weight excluding hydrogens is 196 g/mol. The quantitative estimate of drug-likeness (QED) is 0.824. The summed E-state index contributed by atoms with van der Waals surface area (Å²) in [4.78, 5) is 4.37. The molecule has 2 aromatic rings. The van der Waals surface area contributed by atoms with Crippen LogP contribution in [-0.2, 0) is 0 Å². The summed E-state index contributed by atoms with van der Waals surface area (Å²) < 4.78 is 0. The maximum atomic E-state index is 4.37. The molecule has 1 heterocycles. The van der Waals surface area contributed by atoms with Crippen LogP contribution in [0.15, 0.2) is 36.5 Å². The lowest BCUT2D eigenvalue weighted by Gasteiger charge is -2.10. The normalized spacial score (nSPS) is 22.0. The van der Waals surface area contributed by atoms with E-state index in [1.807, 2.05) is 12.3 Å². The molecule has 1 aromatic carbocycles. The van der Waals surface area contributed by atoms with Crippen molar-refractivity contribution < 1.29 is 0 Å². The van der Waals surface area contributed by atoms with E-state index in [1.165, 1.54) is 17.5 Å². The number of hydrogen-bond acceptors (Lipinski definition) is 2. The van der Waals surface area contributed by atoms with E-state index in [0.717, 1.165) is 5.52 Å². The zero-order valence-electron chi connectivity index (χ0n) is 9.70. The van der Waals surface area contributed by atoms with Crippen molar-refractivity contribution in [3.8, 4) is 0 Å². The van der Waals surface area contributed by atoms with Gasteiger partial charge in [-0.3, -0.25) is 4.98 Å². The van der Waals surface area contributed by atoms with Crippen LogP contribution in [-0.4, -0.2) is 11.0 Å². The summed E-state index contributed by atoms with van der Waals surface area (Å²) in [5, 5.41) is 4.82. The van der Waals surface area contributed by atoms with Crippen LogP contribution in [0.4, 0.5) is 5.69 Å². The molecule has 82 valence electrons. The van der Waals surface area contributed by atoms with Crippen molar-refractivity contribution in [2.24, 2.45) is 5.41 Å². The lowest BCUT2D eigenvalue weighted by molar-refractivity contribution is 0.631. The van der Waals surface area contributed by atoms with E-state index in [9.17, 15) is 0 Å². The maximum Gasteiger partial charge on any atom is 0.0722 e. The van der Waals surface area contributed by atoms with E-state index in [-0.39, 0.29) is 0 Å². The van der Waals surface area contributed by atoms with Gasteiger partial charge in [-0.25, -0.2) is 0 Å². The Labute approximate surface area is 95.7 Å². The van der Waals surface area contributed by atoms with E-state index >= 15 is 0 Å². The van der Waals surface area contributed by atoms with Crippen molar-refractivity contribution >= 4 is 16.6 Å². The van der Waals surface area contributed by atoms with Crippen LogP contribution < -0.4 is 5.32 Å². The number of nitrogens with zero attached hydrogens (tertiary/aromatic N) is 1. The molecular formula is C14H16N2. The zero-order chi connectivity index (χ0) is 11.2. The minimum Gasteiger partial charge on any atom is -0.381 e. The van der Waals surface area contributed by atoms with Gasteiger partial charge in [0.1, 0.15) is 0 Å². The molecule has 1 aliphatic carbocycles. The Bertz CT molecular complexity index is 526. The topological polar surface area (TPSA) is 24.9 Å². The second kappa shape index (κ2) is 3.21. The average molecular weight is 212 g/mol. The van der Waals surface area contributed by atoms with Crippen molar-refractivity contribution in [1.82, 2.24) is 4.98 Å². The molecule has 0 spiro atoms. The van der Waals surface area contributed by atoms with Gasteiger partial charge in [-0.2, -0.15) is 0 Å². The third kappa shape index (κ3) is 1.54. The van der Waals surface area contributed by atoms with Crippen LogP contribution in [0.2, 0.25) is 0 Å². The Morgan fingerprint density at radius 1 is 1.25 bits per heavy atom. The van der Waals surface area contributed by atoms with Gasteiger partial charge in [0, 0.05) is 23.3 Å². The van der Waals surface area contributed by atoms with Crippen LogP contribution in [0.25, 0.3) is 10.9 Å². The van der Waals surface area contributed by atoms with E-state index in [1.54, 1.807) is 0 Å². The summed E-state index contributed by atoms with van der Waals surface area (Å²) >= 11 is 0. The second-order valence-electron chi connectivity index (χ2n) is 5.27. The Morgan fingerprint density at radius 2 is 2.00 bits per heavy atom. The number of para-hydroxylation sites is 1. The third-order valence-corrected chi connectivity index (χ3v) is 3.49. The first kappa shape index (κ1) is 9.64. The van der Waals surface area contributed by atoms with E-state index in [4.69, 9.17) is 0 Å². The average Bonchev–Trinajstić information content (AvgIpc) is 2.87. The highest BCUT2D eigenvalue weighted by molar-refractivity contribution is 5.91. The first-order valence-electron chi connectivity index (χ1n) is 5.77. The van der Waals surface area contributed by atoms with Gasteiger partial charge >= 0.3 is 0 Å². The first-order valence-corrected chi connectivity index (χ1v) is 5.77. The maximum absolute atomic E-state index is 4.37. The highest BCUT2D eigenvalue weighted by Crippen LogP contribution is 2.47. The van der Waals surface area contributed by atoms with Gasteiger partial charge in [0.15, 0.2) is 0 Å². The number of benzene rings is 1. The van der Waals surface area contributed by atoms with Gasteiger partial charge in [-0.1, -0.05) is 32.0 Å². The predicted molar refractivity (Wildman–Crippen MR) is 67.6 cm³/mol. The molecule has 16 heavy (non-hydrogen) atoms. The first-order chi connectivity index (χ1) is 7.67. The Hall–Kier alpha value is -1.57. The molecule has 1 unspecified atom stereocenters. The van der Waals surface area contributed by atoms with Gasteiger partial charge in [-0.05, 0) is 24.0 Å². The molecule has 2 nitrogen and oxygen atoms in total. The van der Waals surface area contributed by atoms with Crippen LogP contribution in [0.3, 0.4) is 0 Å². The number of pyridine rings is 1. The molecule has 0 saturated heterocycles. The Morgan fingerprint density at radius 3 is 2.75 bits per heavy atom. The molecule has 0 amide bonds. The lowest BCUT2D eigenvalue weighted by Crippen LogP contribution is -2.08. The van der Waals surface area contributed by atoms with Crippen LogP contribution >= 0.6 is 0 Å². The molecule has 0 bridgehead atoms. The van der Waals surface area contributed by atoms with E-state index < -0.39 is 0 Å². The summed E-state index contributed by atoms with van der Waals surface area (Å²) in [7, 11) is 0. The number of aromatic nitrogens is 1. The number of fused-ring (bicyclic) bond motifs is 1. The molecule has 0 aliphatic heterocycles. The summed E-state index contributed by atoms with van der Waals surface area (Å²) in [6.45, 7) is 4.60. The third-order valence-electron chi connectivity index (χ3n) is 3.49. The van der Waals surface area contributed by atoms with Crippen molar-refractivity contribution in [1.29, 1.82) is 0 Å². The lowest BCUT2D eigenvalue weighted by atomic mass is 10.1. The minimum atomic E-state index is 0.449. The summed E-state index contributed by atoms with van der Waals surface area (Å²) in [5.74, 6) is 0. The number of hydrogen-bond donors (Lipinski definition) is 1. The zero-order valence-corrected chi connectivity index (χ0v) is 9.70. The fraction of sp³-hybridized carbons (Fsp3) is 0.357. The van der Waals surface area contributed by atoms with Gasteiger partial charge in [-0.15, -0.1) is 0 Å². The van der Waals surface area contributed by atoms with Crippen LogP contribution in [0, 0.1) is 5.41 Å². The molecule has 1 N–H and O–H groups in total. The summed E-state index contributed by atoms with van der Waals surface area (Å²) in [6.07, 6.45) is 3.13. The SMILES string of the molecule is CC1(C)CC1Nc1ccnc2ccccc12. The molecule has 2 heteroatoms. The van der Waals surface area contributed by atoms with Gasteiger partial charge in [0.2, 0.25) is 0 Å². The molecule has 1 fully saturated rings. The smallest absolute Gasteiger partial charge is 0.0722 e. The van der Waals surface area contributed by atoms with Crippen LogP contribution in [0.5, 0.6) is 0 Å². The molecule has 0 radical (unpaired) electrons. The molecule has 1 saturated carbocycles. The Kier molecular flexibility index (Phi) is 1.93. The van der Waals surface area contributed by atoms with Gasteiger partial charge in [0.05, 0.1) is 5.52 Å². The van der Waals surface area contributed by atoms with E-state index in [2.05, 4.69) is 48.4 Å². The van der Waals surface area contributed by atoms with Crippen molar-refractivity contribution in [3.05, 3.63) is 36.5 Å². The summed E-state index contributed by atoms with van der Waals surface area (Å²) in [6, 6.07) is 10.9. The fourth-order valence-electron chi connectivity index (χ4n) is 2.12. The second-order valence-corrected chi connectivity index (χ2v) is 5.27. The van der Waals surface area contributed by atoms with Crippen molar-refractivity contribution in [2.45, 2.75) is 26.3 Å². The molecule has 1 atom stereocenters. The number of anilines is 1. The van der Waals surface area contributed by atoms with Crippen molar-refractivity contribution in [3.63, 3.8) is 0 Å². The highest BCUT2D eigenvalue weighted by atomic mass is 15.0. The van der Waals surface area contributed by atoms with Gasteiger partial charge in [0.25, 0.3) is 0 Å². The van der Waals surface area contributed by atoms with Gasteiger partial charge < -0.3 is 5.32 Å². The fourth-order valence-corrected chi connectivity index (χ4v) is 2.12. The molecule has 1 aromatic heterocycles. The van der Waals surface area contributed by atoms with E-state index in [0.29, 0.717) is 11.5 Å². The summed E-state index contributed by atoms with van der Waals surface area (Å²) in [5.41, 5.74) is 2.72. The van der Waals surface area contributed by atoms with Crippen LogP contribution in [0.1, 0.15) is 20.3 Å². The molecule has 3 rings (SSSR count). The largest absolute Gasteiger partial charge is 0.381 e. The number of nitrogens with one attached hydrogen (secondary N) is 1. The minimum absolute atomic E-state index is 0.449. The predicted octanol–water partition coefficient (Wildman–Crippen LogP) is 3.45. The number of rotatable bonds is 2. The standard InChI is InChI=1S/C14H16N2/c1-14(2)9-13(14)16-12-7-8-15-11-6-4-3-5-10(11)12/h3-8,13H,9H2,1-2H3,(H,15,16). The molecule has 1 aliphatic rings.